The number of aryl methyl sites for hydroxylation is 1. The Morgan fingerprint density at radius 1 is 1.35 bits per heavy atom. The Kier molecular flexibility index (Phi) is 5.83. The Bertz CT molecular complexity index is 486. The van der Waals surface area contributed by atoms with E-state index in [0.29, 0.717) is 11.5 Å². The third-order valence-corrected chi connectivity index (χ3v) is 2.72. The first kappa shape index (κ1) is 15.8. The Hall–Kier alpha value is -2.24. The monoisotopic (exact) mass is 281 g/mol. The third kappa shape index (κ3) is 4.46. The van der Waals surface area contributed by atoms with Crippen molar-refractivity contribution in [2.24, 2.45) is 0 Å². The molecule has 0 fully saturated rings. The summed E-state index contributed by atoms with van der Waals surface area (Å²) in [5.41, 5.74) is 1.09. The molecule has 0 bridgehead atoms. The number of carboxylic acids is 1. The predicted octanol–water partition coefficient (Wildman–Crippen LogP) is 1.23. The number of aliphatic carboxylic acids is 1. The fraction of sp³-hybridized carbons (Fsp3) is 0.429. The lowest BCUT2D eigenvalue weighted by Gasteiger charge is -2.16. The summed E-state index contributed by atoms with van der Waals surface area (Å²) in [5.74, 6) is -0.587. The fourth-order valence-electron chi connectivity index (χ4n) is 1.64. The van der Waals surface area contributed by atoms with E-state index in [0.717, 1.165) is 12.0 Å². The van der Waals surface area contributed by atoms with Gasteiger partial charge in [-0.2, -0.15) is 0 Å². The van der Waals surface area contributed by atoms with Crippen LogP contribution < -0.4 is 14.8 Å². The van der Waals surface area contributed by atoms with Crippen LogP contribution in [0.3, 0.4) is 0 Å². The van der Waals surface area contributed by atoms with E-state index < -0.39 is 17.9 Å². The Labute approximate surface area is 117 Å². The molecule has 6 nitrogen and oxygen atoms in total. The quantitative estimate of drug-likeness (QED) is 0.785. The minimum absolute atomic E-state index is 0.170. The summed E-state index contributed by atoms with van der Waals surface area (Å²) in [5, 5.41) is 11.3. The van der Waals surface area contributed by atoms with Crippen LogP contribution in [-0.4, -0.2) is 36.7 Å². The highest BCUT2D eigenvalue weighted by Crippen LogP contribution is 2.28. The molecule has 1 amide bonds. The number of carbonyl (C=O) groups excluding carboxylic acids is 1. The predicted molar refractivity (Wildman–Crippen MR) is 73.1 cm³/mol. The van der Waals surface area contributed by atoms with E-state index in [4.69, 9.17) is 14.6 Å². The van der Waals surface area contributed by atoms with Crippen molar-refractivity contribution in [1.29, 1.82) is 0 Å². The van der Waals surface area contributed by atoms with Crippen LogP contribution in [0.25, 0.3) is 0 Å². The highest BCUT2D eigenvalue weighted by molar-refractivity contribution is 5.82. The molecule has 1 aromatic carbocycles. The molecular formula is C14H19NO5. The fourth-order valence-corrected chi connectivity index (χ4v) is 1.64. The molecule has 0 aliphatic heterocycles. The summed E-state index contributed by atoms with van der Waals surface area (Å²) >= 11 is 0. The van der Waals surface area contributed by atoms with Crippen LogP contribution in [0.15, 0.2) is 18.2 Å². The van der Waals surface area contributed by atoms with Crippen LogP contribution in [-0.2, 0) is 16.0 Å². The molecule has 20 heavy (non-hydrogen) atoms. The van der Waals surface area contributed by atoms with Gasteiger partial charge in [0, 0.05) is 6.92 Å². The molecule has 0 aromatic heterocycles. The van der Waals surface area contributed by atoms with Crippen LogP contribution in [0.2, 0.25) is 0 Å². The molecule has 1 aromatic rings. The Morgan fingerprint density at radius 3 is 2.55 bits per heavy atom. The van der Waals surface area contributed by atoms with Crippen molar-refractivity contribution in [2.45, 2.75) is 26.3 Å². The molecule has 0 saturated carbocycles. The van der Waals surface area contributed by atoms with Gasteiger partial charge in [-0.05, 0) is 24.1 Å². The number of ether oxygens (including phenoxy) is 2. The molecule has 0 radical (unpaired) electrons. The maximum Gasteiger partial charge on any atom is 0.329 e. The zero-order valence-electron chi connectivity index (χ0n) is 11.8. The largest absolute Gasteiger partial charge is 0.493 e. The molecule has 6 heteroatoms. The lowest BCUT2D eigenvalue weighted by molar-refractivity contribution is -0.142. The number of carbonyl (C=O) groups is 2. The molecule has 0 heterocycles. The van der Waals surface area contributed by atoms with Crippen molar-refractivity contribution in [3.05, 3.63) is 23.8 Å². The Balaban J connectivity index is 2.77. The molecule has 1 unspecified atom stereocenters. The summed E-state index contributed by atoms with van der Waals surface area (Å²) in [6, 6.07) is 4.35. The van der Waals surface area contributed by atoms with Gasteiger partial charge in [0.15, 0.2) is 17.5 Å². The minimum atomic E-state index is -1.15. The second kappa shape index (κ2) is 7.37. The van der Waals surface area contributed by atoms with Gasteiger partial charge in [-0.3, -0.25) is 4.79 Å². The van der Waals surface area contributed by atoms with Gasteiger partial charge in [0.05, 0.1) is 7.11 Å². The van der Waals surface area contributed by atoms with Crippen molar-refractivity contribution >= 4 is 11.9 Å². The van der Waals surface area contributed by atoms with E-state index in [2.05, 4.69) is 5.32 Å². The highest BCUT2D eigenvalue weighted by atomic mass is 16.5. The molecule has 110 valence electrons. The number of benzene rings is 1. The van der Waals surface area contributed by atoms with Crippen molar-refractivity contribution in [3.63, 3.8) is 0 Å². The van der Waals surface area contributed by atoms with Crippen LogP contribution in [0, 0.1) is 0 Å². The van der Waals surface area contributed by atoms with Crippen LogP contribution >= 0.6 is 0 Å². The highest BCUT2D eigenvalue weighted by Gasteiger charge is 2.20. The van der Waals surface area contributed by atoms with Gasteiger partial charge in [0.2, 0.25) is 5.91 Å². The number of hydrogen-bond acceptors (Lipinski definition) is 4. The Morgan fingerprint density at radius 2 is 2.05 bits per heavy atom. The molecule has 1 atom stereocenters. The number of amides is 1. The average Bonchev–Trinajstić information content (AvgIpc) is 2.42. The normalized spacial score (nSPS) is 11.6. The maximum absolute atomic E-state index is 11.0. The molecule has 0 aliphatic carbocycles. The first-order valence-corrected chi connectivity index (χ1v) is 6.27. The van der Waals surface area contributed by atoms with Crippen molar-refractivity contribution in [3.8, 4) is 11.5 Å². The van der Waals surface area contributed by atoms with E-state index in [9.17, 15) is 9.59 Å². The summed E-state index contributed by atoms with van der Waals surface area (Å²) in [6.45, 7) is 3.11. The van der Waals surface area contributed by atoms with Crippen molar-refractivity contribution in [1.82, 2.24) is 5.32 Å². The zero-order chi connectivity index (χ0) is 15.1. The van der Waals surface area contributed by atoms with Gasteiger partial charge >= 0.3 is 5.97 Å². The maximum atomic E-state index is 11.0. The standard InChI is InChI=1S/C14H19NO5/c1-4-10-5-6-12(13(7-10)19-3)20-8-11(14(17)18)15-9(2)16/h5-7,11H,4,8H2,1-3H3,(H,15,16)(H,17,18). The van der Waals surface area contributed by atoms with Gasteiger partial charge in [-0.15, -0.1) is 0 Å². The smallest absolute Gasteiger partial charge is 0.329 e. The van der Waals surface area contributed by atoms with Gasteiger partial charge in [0.25, 0.3) is 0 Å². The van der Waals surface area contributed by atoms with E-state index >= 15 is 0 Å². The summed E-state index contributed by atoms with van der Waals surface area (Å²) < 4.78 is 10.6. The van der Waals surface area contributed by atoms with E-state index in [1.54, 1.807) is 6.07 Å². The lowest BCUT2D eigenvalue weighted by atomic mass is 10.1. The van der Waals surface area contributed by atoms with Crippen LogP contribution in [0.1, 0.15) is 19.4 Å². The molecule has 0 aliphatic rings. The van der Waals surface area contributed by atoms with Crippen LogP contribution in [0.4, 0.5) is 0 Å². The summed E-state index contributed by atoms with van der Waals surface area (Å²) in [4.78, 5) is 21.9. The number of nitrogens with one attached hydrogen (secondary N) is 1. The molecule has 0 spiro atoms. The second-order valence-corrected chi connectivity index (χ2v) is 4.24. The number of methoxy groups -OCH3 is 1. The van der Waals surface area contributed by atoms with Crippen molar-refractivity contribution < 1.29 is 24.2 Å². The average molecular weight is 281 g/mol. The first-order chi connectivity index (χ1) is 9.47. The van der Waals surface area contributed by atoms with Crippen LogP contribution in [0.5, 0.6) is 11.5 Å². The summed E-state index contributed by atoms with van der Waals surface area (Å²) in [6.07, 6.45) is 0.861. The van der Waals surface area contributed by atoms with E-state index in [-0.39, 0.29) is 6.61 Å². The number of hydrogen-bond donors (Lipinski definition) is 2. The molecule has 2 N–H and O–H groups in total. The number of rotatable bonds is 7. The van der Waals surface area contributed by atoms with Crippen molar-refractivity contribution in [2.75, 3.05) is 13.7 Å². The second-order valence-electron chi connectivity index (χ2n) is 4.24. The molecule has 1 rings (SSSR count). The number of carboxylic acid groups (broad SMARTS) is 1. The summed E-state index contributed by atoms with van der Waals surface area (Å²) in [7, 11) is 1.52. The minimum Gasteiger partial charge on any atom is -0.493 e. The van der Waals surface area contributed by atoms with E-state index in [1.165, 1.54) is 14.0 Å². The van der Waals surface area contributed by atoms with Gasteiger partial charge in [-0.1, -0.05) is 13.0 Å². The van der Waals surface area contributed by atoms with E-state index in [1.807, 2.05) is 19.1 Å². The lowest BCUT2D eigenvalue weighted by Crippen LogP contribution is -2.43. The third-order valence-electron chi connectivity index (χ3n) is 2.72. The topological polar surface area (TPSA) is 84.9 Å². The molecule has 0 saturated heterocycles. The first-order valence-electron chi connectivity index (χ1n) is 6.27. The van der Waals surface area contributed by atoms with Gasteiger partial charge < -0.3 is 19.9 Å². The zero-order valence-corrected chi connectivity index (χ0v) is 11.8. The van der Waals surface area contributed by atoms with Gasteiger partial charge in [0.1, 0.15) is 6.61 Å². The van der Waals surface area contributed by atoms with Gasteiger partial charge in [-0.25, -0.2) is 4.79 Å². The molecular weight excluding hydrogens is 262 g/mol. The SMILES string of the molecule is CCc1ccc(OCC(NC(C)=O)C(=O)O)c(OC)c1.